The lowest BCUT2D eigenvalue weighted by atomic mass is 9.92. The first-order valence-electron chi connectivity index (χ1n) is 6.90. The molecule has 1 aromatic heterocycles. The van der Waals surface area contributed by atoms with Gasteiger partial charge in [-0.3, -0.25) is 0 Å². The predicted molar refractivity (Wildman–Crippen MR) is 73.7 cm³/mol. The molecule has 0 aliphatic heterocycles. The summed E-state index contributed by atoms with van der Waals surface area (Å²) in [6.07, 6.45) is 5.05. The molecule has 0 aliphatic rings. The van der Waals surface area contributed by atoms with Gasteiger partial charge in [-0.1, -0.05) is 45.6 Å². The molecular formula is C15H25NO2. The van der Waals surface area contributed by atoms with Crippen LogP contribution in [0, 0.1) is 5.92 Å². The van der Waals surface area contributed by atoms with Crippen molar-refractivity contribution >= 4 is 0 Å². The predicted octanol–water partition coefficient (Wildman–Crippen LogP) is 3.73. The topological polar surface area (TPSA) is 42.4 Å². The lowest BCUT2D eigenvalue weighted by Crippen LogP contribution is -2.08. The third kappa shape index (κ3) is 4.65. The molecule has 1 aromatic rings. The van der Waals surface area contributed by atoms with E-state index in [0.29, 0.717) is 17.5 Å². The molecule has 0 aromatic carbocycles. The summed E-state index contributed by atoms with van der Waals surface area (Å²) >= 11 is 0. The highest BCUT2D eigenvalue weighted by Gasteiger charge is 2.16. The molecule has 102 valence electrons. The van der Waals surface area contributed by atoms with E-state index in [2.05, 4.69) is 18.8 Å². The second kappa shape index (κ2) is 8.09. The van der Waals surface area contributed by atoms with Crippen molar-refractivity contribution in [3.05, 3.63) is 23.9 Å². The highest BCUT2D eigenvalue weighted by Crippen LogP contribution is 2.26. The number of unbranched alkanes of at least 4 members (excludes halogenated alkanes) is 1. The number of aliphatic hydroxyl groups excluding tert-OH is 1. The zero-order valence-electron chi connectivity index (χ0n) is 11.7. The minimum Gasteiger partial charge on any atom is -0.481 e. The van der Waals surface area contributed by atoms with Crippen LogP contribution in [0.5, 0.6) is 5.88 Å². The Hall–Kier alpha value is -1.09. The summed E-state index contributed by atoms with van der Waals surface area (Å²) in [6.45, 7) is 4.39. The Morgan fingerprint density at radius 1 is 1.33 bits per heavy atom. The van der Waals surface area contributed by atoms with Gasteiger partial charge in [0.05, 0.1) is 18.9 Å². The van der Waals surface area contributed by atoms with Gasteiger partial charge in [0, 0.05) is 6.07 Å². The normalized spacial score (nSPS) is 14.2. The van der Waals surface area contributed by atoms with Crippen molar-refractivity contribution in [2.75, 3.05) is 7.11 Å². The summed E-state index contributed by atoms with van der Waals surface area (Å²) in [4.78, 5) is 4.29. The molecular weight excluding hydrogens is 226 g/mol. The third-order valence-corrected chi connectivity index (χ3v) is 3.40. The van der Waals surface area contributed by atoms with Crippen molar-refractivity contribution in [2.45, 2.75) is 52.1 Å². The van der Waals surface area contributed by atoms with E-state index in [1.54, 1.807) is 13.2 Å². The van der Waals surface area contributed by atoms with Crippen molar-refractivity contribution in [3.8, 4) is 5.88 Å². The number of rotatable bonds is 8. The molecule has 0 bridgehead atoms. The standard InChI is InChI=1S/C15H25NO2/c1-4-6-8-12(5-2)11-14(17)13-9-7-10-15(16-13)18-3/h7,9-10,12,14,17H,4-6,8,11H2,1-3H3. The average Bonchev–Trinajstić information content (AvgIpc) is 2.43. The van der Waals surface area contributed by atoms with Crippen molar-refractivity contribution < 1.29 is 9.84 Å². The van der Waals surface area contributed by atoms with Gasteiger partial charge in [-0.25, -0.2) is 4.98 Å². The van der Waals surface area contributed by atoms with Crippen molar-refractivity contribution in [3.63, 3.8) is 0 Å². The quantitative estimate of drug-likeness (QED) is 0.765. The fraction of sp³-hybridized carbons (Fsp3) is 0.667. The smallest absolute Gasteiger partial charge is 0.213 e. The van der Waals surface area contributed by atoms with E-state index in [1.165, 1.54) is 19.3 Å². The van der Waals surface area contributed by atoms with Crippen molar-refractivity contribution in [1.82, 2.24) is 4.98 Å². The number of pyridine rings is 1. The number of hydrogen-bond acceptors (Lipinski definition) is 3. The molecule has 2 unspecified atom stereocenters. The molecule has 2 atom stereocenters. The number of hydrogen-bond donors (Lipinski definition) is 1. The van der Waals surface area contributed by atoms with Crippen LogP contribution in [0.4, 0.5) is 0 Å². The fourth-order valence-corrected chi connectivity index (χ4v) is 2.15. The van der Waals surface area contributed by atoms with E-state index in [-0.39, 0.29) is 0 Å². The molecule has 1 rings (SSSR count). The molecule has 0 amide bonds. The third-order valence-electron chi connectivity index (χ3n) is 3.40. The molecule has 3 nitrogen and oxygen atoms in total. The van der Waals surface area contributed by atoms with Gasteiger partial charge >= 0.3 is 0 Å². The monoisotopic (exact) mass is 251 g/mol. The minimum atomic E-state index is -0.484. The Morgan fingerprint density at radius 3 is 2.72 bits per heavy atom. The minimum absolute atomic E-state index is 0.484. The molecule has 1 N–H and O–H groups in total. The fourth-order valence-electron chi connectivity index (χ4n) is 2.15. The molecule has 0 fully saturated rings. The van der Waals surface area contributed by atoms with Gasteiger partial charge in [0.1, 0.15) is 0 Å². The number of nitrogens with zero attached hydrogens (tertiary/aromatic N) is 1. The highest BCUT2D eigenvalue weighted by molar-refractivity contribution is 5.17. The number of methoxy groups -OCH3 is 1. The van der Waals surface area contributed by atoms with Crippen LogP contribution in [-0.2, 0) is 0 Å². The Balaban J connectivity index is 2.59. The van der Waals surface area contributed by atoms with Crippen LogP contribution >= 0.6 is 0 Å². The first kappa shape index (κ1) is 15.0. The number of aromatic nitrogens is 1. The van der Waals surface area contributed by atoms with E-state index in [4.69, 9.17) is 4.74 Å². The van der Waals surface area contributed by atoms with Gasteiger partial charge in [-0.05, 0) is 18.4 Å². The lowest BCUT2D eigenvalue weighted by molar-refractivity contribution is 0.134. The Morgan fingerprint density at radius 2 is 2.11 bits per heavy atom. The molecule has 0 spiro atoms. The summed E-state index contributed by atoms with van der Waals surface area (Å²) in [5.74, 6) is 1.14. The van der Waals surface area contributed by atoms with Gasteiger partial charge < -0.3 is 9.84 Å². The number of ether oxygens (including phenoxy) is 1. The van der Waals surface area contributed by atoms with Crippen molar-refractivity contribution in [2.24, 2.45) is 5.92 Å². The summed E-state index contributed by atoms with van der Waals surface area (Å²) in [7, 11) is 1.59. The summed E-state index contributed by atoms with van der Waals surface area (Å²) < 4.78 is 5.08. The zero-order chi connectivity index (χ0) is 13.4. The number of aliphatic hydroxyl groups is 1. The average molecular weight is 251 g/mol. The van der Waals surface area contributed by atoms with Crippen LogP contribution in [-0.4, -0.2) is 17.2 Å². The van der Waals surface area contributed by atoms with Gasteiger partial charge in [0.15, 0.2) is 0 Å². The summed E-state index contributed by atoms with van der Waals surface area (Å²) in [5, 5.41) is 10.2. The SMILES string of the molecule is CCCCC(CC)CC(O)c1cccc(OC)n1. The van der Waals surface area contributed by atoms with Gasteiger partial charge in [0.2, 0.25) is 5.88 Å². The first-order valence-corrected chi connectivity index (χ1v) is 6.90. The maximum absolute atomic E-state index is 10.2. The Bertz CT molecular complexity index is 341. The maximum atomic E-state index is 10.2. The summed E-state index contributed by atoms with van der Waals surface area (Å²) in [6, 6.07) is 5.53. The van der Waals surface area contributed by atoms with Gasteiger partial charge in [-0.15, -0.1) is 0 Å². The molecule has 0 radical (unpaired) electrons. The highest BCUT2D eigenvalue weighted by atomic mass is 16.5. The Kier molecular flexibility index (Phi) is 6.73. The van der Waals surface area contributed by atoms with Crippen LogP contribution in [0.25, 0.3) is 0 Å². The van der Waals surface area contributed by atoms with Crippen LogP contribution in [0.2, 0.25) is 0 Å². The van der Waals surface area contributed by atoms with Gasteiger partial charge in [0.25, 0.3) is 0 Å². The van der Waals surface area contributed by atoms with E-state index in [1.807, 2.05) is 12.1 Å². The molecule has 0 saturated carbocycles. The molecule has 1 heterocycles. The lowest BCUT2D eigenvalue weighted by Gasteiger charge is -2.18. The van der Waals surface area contributed by atoms with Gasteiger partial charge in [-0.2, -0.15) is 0 Å². The van der Waals surface area contributed by atoms with E-state index >= 15 is 0 Å². The van der Waals surface area contributed by atoms with Crippen LogP contribution in [0.1, 0.15) is 57.7 Å². The second-order valence-corrected chi connectivity index (χ2v) is 4.77. The van der Waals surface area contributed by atoms with E-state index in [9.17, 15) is 5.11 Å². The molecule has 18 heavy (non-hydrogen) atoms. The van der Waals surface area contributed by atoms with Crippen molar-refractivity contribution in [1.29, 1.82) is 0 Å². The molecule has 0 saturated heterocycles. The molecule has 3 heteroatoms. The van der Waals surface area contributed by atoms with Crippen LogP contribution in [0.15, 0.2) is 18.2 Å². The van der Waals surface area contributed by atoms with E-state index < -0.39 is 6.10 Å². The zero-order valence-corrected chi connectivity index (χ0v) is 11.7. The summed E-state index contributed by atoms with van der Waals surface area (Å²) in [5.41, 5.74) is 0.712. The molecule has 0 aliphatic carbocycles. The van der Waals surface area contributed by atoms with E-state index in [0.717, 1.165) is 12.8 Å². The first-order chi connectivity index (χ1) is 8.71. The maximum Gasteiger partial charge on any atom is 0.213 e. The van der Waals surface area contributed by atoms with Crippen LogP contribution < -0.4 is 4.74 Å². The second-order valence-electron chi connectivity index (χ2n) is 4.77. The largest absolute Gasteiger partial charge is 0.481 e. The van der Waals surface area contributed by atoms with Crippen LogP contribution in [0.3, 0.4) is 0 Å². The Labute approximate surface area is 110 Å².